The molecule has 2 rings (SSSR count). The highest BCUT2D eigenvalue weighted by Gasteiger charge is 2.32. The van der Waals surface area contributed by atoms with E-state index in [0.29, 0.717) is 11.2 Å². The number of rotatable bonds is 1. The van der Waals surface area contributed by atoms with Crippen molar-refractivity contribution >= 4 is 16.9 Å². The van der Waals surface area contributed by atoms with Gasteiger partial charge in [-0.2, -0.15) is 13.2 Å². The largest absolute Gasteiger partial charge is 0.433 e. The van der Waals surface area contributed by atoms with Gasteiger partial charge in [-0.1, -0.05) is 0 Å². The lowest BCUT2D eigenvalue weighted by Gasteiger charge is -2.22. The normalized spacial score (nSPS) is 12.7. The fourth-order valence-electron chi connectivity index (χ4n) is 1.56. The second-order valence-electron chi connectivity index (χ2n) is 5.16. The molecule has 0 fully saturated rings. The summed E-state index contributed by atoms with van der Waals surface area (Å²) in [6.45, 7) is 5.79. The molecule has 102 valence electrons. The molecule has 0 aliphatic heterocycles. The van der Waals surface area contributed by atoms with Crippen molar-refractivity contribution in [1.29, 1.82) is 0 Å². The lowest BCUT2D eigenvalue weighted by molar-refractivity contribution is -0.141. The van der Waals surface area contributed by atoms with E-state index in [9.17, 15) is 13.2 Å². The number of anilines is 1. The van der Waals surface area contributed by atoms with Gasteiger partial charge in [0.15, 0.2) is 5.65 Å². The number of halogens is 3. The Bertz CT molecular complexity index is 602. The van der Waals surface area contributed by atoms with E-state index in [1.54, 1.807) is 0 Å². The zero-order valence-corrected chi connectivity index (χ0v) is 10.7. The first-order valence-electron chi connectivity index (χ1n) is 5.64. The number of hydrogen-bond donors (Lipinski definition) is 1. The second kappa shape index (κ2) is 4.32. The predicted molar refractivity (Wildman–Crippen MR) is 65.7 cm³/mol. The molecule has 0 spiro atoms. The smallest absolute Gasteiger partial charge is 0.365 e. The number of nitrogens with one attached hydrogen (secondary N) is 1. The summed E-state index contributed by atoms with van der Waals surface area (Å²) in [4.78, 5) is 11.3. The Balaban J connectivity index is 2.53. The highest BCUT2D eigenvalue weighted by Crippen LogP contribution is 2.30. The number of hydrogen-bond acceptors (Lipinski definition) is 4. The number of aromatic nitrogens is 3. The van der Waals surface area contributed by atoms with Crippen molar-refractivity contribution in [3.63, 3.8) is 0 Å². The molecule has 0 unspecified atom stereocenters. The molecule has 0 bridgehead atoms. The SMILES string of the molecule is CC(C)(C)Nc1ncnc2nc(C(F)(F)F)ccc12. The van der Waals surface area contributed by atoms with Gasteiger partial charge in [0.1, 0.15) is 17.8 Å². The lowest BCUT2D eigenvalue weighted by Crippen LogP contribution is -2.27. The van der Waals surface area contributed by atoms with E-state index < -0.39 is 11.9 Å². The minimum atomic E-state index is -4.48. The molecule has 1 N–H and O–H groups in total. The van der Waals surface area contributed by atoms with E-state index in [1.807, 2.05) is 20.8 Å². The topological polar surface area (TPSA) is 50.7 Å². The zero-order valence-electron chi connectivity index (χ0n) is 10.7. The van der Waals surface area contributed by atoms with Crippen molar-refractivity contribution in [1.82, 2.24) is 15.0 Å². The van der Waals surface area contributed by atoms with Gasteiger partial charge in [0.05, 0.1) is 5.39 Å². The van der Waals surface area contributed by atoms with E-state index >= 15 is 0 Å². The number of fused-ring (bicyclic) bond motifs is 1. The van der Waals surface area contributed by atoms with E-state index in [-0.39, 0.29) is 11.2 Å². The Morgan fingerprint density at radius 1 is 1.05 bits per heavy atom. The Hall–Kier alpha value is -1.92. The van der Waals surface area contributed by atoms with Crippen molar-refractivity contribution in [3.05, 3.63) is 24.2 Å². The maximum atomic E-state index is 12.6. The predicted octanol–water partition coefficient (Wildman–Crippen LogP) is 3.25. The van der Waals surface area contributed by atoms with E-state index in [1.165, 1.54) is 12.4 Å². The van der Waals surface area contributed by atoms with Crippen molar-refractivity contribution < 1.29 is 13.2 Å². The van der Waals surface area contributed by atoms with Crippen LogP contribution in [0.4, 0.5) is 19.0 Å². The van der Waals surface area contributed by atoms with E-state index in [4.69, 9.17) is 0 Å². The zero-order chi connectivity index (χ0) is 14.3. The minimum Gasteiger partial charge on any atom is -0.365 e. The van der Waals surface area contributed by atoms with Crippen molar-refractivity contribution in [2.24, 2.45) is 0 Å². The van der Waals surface area contributed by atoms with Crippen molar-refractivity contribution in [2.75, 3.05) is 5.32 Å². The summed E-state index contributed by atoms with van der Waals surface area (Å²) in [7, 11) is 0. The van der Waals surface area contributed by atoms with Gasteiger partial charge in [-0.05, 0) is 32.9 Å². The Morgan fingerprint density at radius 2 is 1.74 bits per heavy atom. The standard InChI is InChI=1S/C12H13F3N4/c1-11(2,3)19-10-7-4-5-8(12(13,14)15)18-9(7)16-6-17-10/h4-6H,1-3H3,(H,16,17,18,19). The third-order valence-electron chi connectivity index (χ3n) is 2.28. The van der Waals surface area contributed by atoms with Crippen molar-refractivity contribution in [3.8, 4) is 0 Å². The molecule has 0 atom stereocenters. The molecule has 0 radical (unpaired) electrons. The molecular formula is C12H13F3N4. The van der Waals surface area contributed by atoms with E-state index in [2.05, 4.69) is 20.3 Å². The fraction of sp³-hybridized carbons (Fsp3) is 0.417. The first kappa shape index (κ1) is 13.5. The van der Waals surface area contributed by atoms with Crippen LogP contribution in [0.2, 0.25) is 0 Å². The second-order valence-corrected chi connectivity index (χ2v) is 5.16. The minimum absolute atomic E-state index is 0.0246. The van der Waals surface area contributed by atoms with Gasteiger partial charge < -0.3 is 5.32 Å². The summed E-state index contributed by atoms with van der Waals surface area (Å²) in [5.74, 6) is 0.471. The third-order valence-corrected chi connectivity index (χ3v) is 2.28. The Kier molecular flexibility index (Phi) is 3.07. The molecule has 0 aliphatic carbocycles. The number of pyridine rings is 1. The van der Waals surface area contributed by atoms with Crippen LogP contribution in [0.25, 0.3) is 11.0 Å². The average Bonchev–Trinajstić information content (AvgIpc) is 2.25. The van der Waals surface area contributed by atoms with Crippen LogP contribution >= 0.6 is 0 Å². The molecule has 0 saturated heterocycles. The van der Waals surface area contributed by atoms with E-state index in [0.717, 1.165) is 6.07 Å². The third kappa shape index (κ3) is 3.10. The van der Waals surface area contributed by atoms with Gasteiger partial charge >= 0.3 is 6.18 Å². The number of alkyl halides is 3. The fourth-order valence-corrected chi connectivity index (χ4v) is 1.56. The molecule has 4 nitrogen and oxygen atoms in total. The quantitative estimate of drug-likeness (QED) is 0.864. The van der Waals surface area contributed by atoms with Gasteiger partial charge in [0, 0.05) is 5.54 Å². The van der Waals surface area contributed by atoms with Gasteiger partial charge in [0.25, 0.3) is 0 Å². The van der Waals surface area contributed by atoms with Crippen LogP contribution in [0.15, 0.2) is 18.5 Å². The average molecular weight is 270 g/mol. The van der Waals surface area contributed by atoms with Crippen LogP contribution < -0.4 is 5.32 Å². The van der Waals surface area contributed by atoms with Crippen LogP contribution in [0.5, 0.6) is 0 Å². The summed E-state index contributed by atoms with van der Waals surface area (Å²) < 4.78 is 37.7. The summed E-state index contributed by atoms with van der Waals surface area (Å²) in [5, 5.41) is 3.57. The molecule has 7 heteroatoms. The lowest BCUT2D eigenvalue weighted by atomic mass is 10.1. The van der Waals surface area contributed by atoms with Crippen LogP contribution in [-0.2, 0) is 6.18 Å². The highest BCUT2D eigenvalue weighted by atomic mass is 19.4. The first-order valence-corrected chi connectivity index (χ1v) is 5.64. The maximum absolute atomic E-state index is 12.6. The summed E-state index contributed by atoms with van der Waals surface area (Å²) in [5.41, 5.74) is -1.19. The molecule has 19 heavy (non-hydrogen) atoms. The molecular weight excluding hydrogens is 257 g/mol. The molecule has 0 aliphatic rings. The van der Waals surface area contributed by atoms with Gasteiger partial charge in [-0.25, -0.2) is 15.0 Å². The van der Waals surface area contributed by atoms with Crippen LogP contribution in [-0.4, -0.2) is 20.5 Å². The van der Waals surface area contributed by atoms with Gasteiger partial charge in [-0.3, -0.25) is 0 Å². The van der Waals surface area contributed by atoms with Gasteiger partial charge in [0.2, 0.25) is 0 Å². The summed E-state index contributed by atoms with van der Waals surface area (Å²) in [6.07, 6.45) is -3.28. The summed E-state index contributed by atoms with van der Waals surface area (Å²) >= 11 is 0. The summed E-state index contributed by atoms with van der Waals surface area (Å²) in [6, 6.07) is 2.26. The first-order chi connectivity index (χ1) is 8.67. The number of nitrogens with zero attached hydrogens (tertiary/aromatic N) is 3. The molecule has 0 amide bonds. The molecule has 2 aromatic heterocycles. The maximum Gasteiger partial charge on any atom is 0.433 e. The Labute approximate surface area is 108 Å². The monoisotopic (exact) mass is 270 g/mol. The highest BCUT2D eigenvalue weighted by molar-refractivity contribution is 5.86. The van der Waals surface area contributed by atoms with Gasteiger partial charge in [-0.15, -0.1) is 0 Å². The van der Waals surface area contributed by atoms with Crippen LogP contribution in [0, 0.1) is 0 Å². The van der Waals surface area contributed by atoms with Crippen molar-refractivity contribution in [2.45, 2.75) is 32.5 Å². The molecule has 0 aromatic carbocycles. The van der Waals surface area contributed by atoms with Crippen LogP contribution in [0.3, 0.4) is 0 Å². The molecule has 2 aromatic rings. The Morgan fingerprint density at radius 3 is 2.32 bits per heavy atom. The molecule has 2 heterocycles. The molecule has 0 saturated carbocycles. The van der Waals surface area contributed by atoms with Crippen LogP contribution in [0.1, 0.15) is 26.5 Å².